The summed E-state index contributed by atoms with van der Waals surface area (Å²) in [7, 11) is 0. The van der Waals surface area contributed by atoms with Gasteiger partial charge in [-0.2, -0.15) is 13.2 Å². The molecule has 20 heavy (non-hydrogen) atoms. The van der Waals surface area contributed by atoms with Crippen LogP contribution in [0, 0.1) is 0 Å². The lowest BCUT2D eigenvalue weighted by molar-refractivity contribution is -0.137. The topological polar surface area (TPSA) is 49.8 Å². The number of rotatable bonds is 2. The molecule has 0 aromatic heterocycles. The molecule has 1 fully saturated rings. The summed E-state index contributed by atoms with van der Waals surface area (Å²) in [6, 6.07) is 3.75. The molecular weight excluding hydrogens is 275 g/mol. The van der Waals surface area contributed by atoms with Crippen molar-refractivity contribution in [2.75, 3.05) is 26.4 Å². The largest absolute Gasteiger partial charge is 0.416 e. The SMILES string of the molecule is O=C(c1cccc(C(F)(F)F)c1)N1CCOCC1CO. The molecule has 1 aliphatic heterocycles. The van der Waals surface area contributed by atoms with Gasteiger partial charge in [-0.05, 0) is 18.2 Å². The Morgan fingerprint density at radius 2 is 2.20 bits per heavy atom. The molecule has 4 nitrogen and oxygen atoms in total. The van der Waals surface area contributed by atoms with Gasteiger partial charge in [-0.1, -0.05) is 6.07 Å². The van der Waals surface area contributed by atoms with Gasteiger partial charge < -0.3 is 14.7 Å². The smallest absolute Gasteiger partial charge is 0.394 e. The lowest BCUT2D eigenvalue weighted by Crippen LogP contribution is -2.50. The molecule has 1 amide bonds. The second-order valence-electron chi connectivity index (χ2n) is 4.49. The number of amides is 1. The Bertz CT molecular complexity index is 490. The molecule has 0 aliphatic carbocycles. The minimum absolute atomic E-state index is 0.0415. The maximum Gasteiger partial charge on any atom is 0.416 e. The summed E-state index contributed by atoms with van der Waals surface area (Å²) in [6.07, 6.45) is -4.49. The molecular formula is C13H14F3NO3. The highest BCUT2D eigenvalue weighted by Crippen LogP contribution is 2.30. The Hall–Kier alpha value is -1.60. The van der Waals surface area contributed by atoms with Crippen LogP contribution < -0.4 is 0 Å². The number of halogens is 3. The number of carbonyl (C=O) groups is 1. The number of benzene rings is 1. The Morgan fingerprint density at radius 1 is 1.45 bits per heavy atom. The minimum atomic E-state index is -4.49. The number of morpholine rings is 1. The summed E-state index contributed by atoms with van der Waals surface area (Å²) in [4.78, 5) is 13.6. The molecule has 0 saturated carbocycles. The van der Waals surface area contributed by atoms with Crippen LogP contribution in [0.3, 0.4) is 0 Å². The summed E-state index contributed by atoms with van der Waals surface area (Å²) in [6.45, 7) is 0.452. The third kappa shape index (κ3) is 3.10. The van der Waals surface area contributed by atoms with Crippen LogP contribution in [0.5, 0.6) is 0 Å². The van der Waals surface area contributed by atoms with Gasteiger partial charge in [-0.15, -0.1) is 0 Å². The highest BCUT2D eigenvalue weighted by Gasteiger charge is 2.32. The Balaban J connectivity index is 2.24. The Labute approximate surface area is 113 Å². The third-order valence-corrected chi connectivity index (χ3v) is 3.14. The van der Waals surface area contributed by atoms with Gasteiger partial charge in [0.05, 0.1) is 31.4 Å². The first-order valence-corrected chi connectivity index (χ1v) is 6.10. The summed E-state index contributed by atoms with van der Waals surface area (Å²) >= 11 is 0. The van der Waals surface area contributed by atoms with Crippen LogP contribution in [0.4, 0.5) is 13.2 Å². The highest BCUT2D eigenvalue weighted by molar-refractivity contribution is 5.94. The highest BCUT2D eigenvalue weighted by atomic mass is 19.4. The van der Waals surface area contributed by atoms with E-state index in [9.17, 15) is 23.1 Å². The van der Waals surface area contributed by atoms with Crippen LogP contribution in [-0.4, -0.2) is 48.3 Å². The molecule has 0 bridgehead atoms. The van der Waals surface area contributed by atoms with E-state index in [0.29, 0.717) is 6.61 Å². The van der Waals surface area contributed by atoms with Crippen LogP contribution in [-0.2, 0) is 10.9 Å². The van der Waals surface area contributed by atoms with E-state index in [1.54, 1.807) is 0 Å². The van der Waals surface area contributed by atoms with Crippen molar-refractivity contribution >= 4 is 5.91 Å². The second kappa shape index (κ2) is 5.80. The molecule has 0 spiro atoms. The van der Waals surface area contributed by atoms with E-state index in [1.807, 2.05) is 0 Å². The molecule has 1 aromatic rings. The normalized spacial score (nSPS) is 20.0. The molecule has 1 aromatic carbocycles. The predicted octanol–water partition coefficient (Wildman–Crippen LogP) is 1.54. The van der Waals surface area contributed by atoms with Crippen molar-refractivity contribution in [1.29, 1.82) is 0 Å². The van der Waals surface area contributed by atoms with Gasteiger partial charge in [0, 0.05) is 12.1 Å². The number of carbonyl (C=O) groups excluding carboxylic acids is 1. The number of hydrogen-bond donors (Lipinski definition) is 1. The quantitative estimate of drug-likeness (QED) is 0.898. The Morgan fingerprint density at radius 3 is 2.85 bits per heavy atom. The molecule has 1 heterocycles. The van der Waals surface area contributed by atoms with E-state index in [2.05, 4.69) is 0 Å². The summed E-state index contributed by atoms with van der Waals surface area (Å²) in [5.41, 5.74) is -0.905. The zero-order valence-corrected chi connectivity index (χ0v) is 10.6. The molecule has 0 radical (unpaired) electrons. The monoisotopic (exact) mass is 289 g/mol. The fraction of sp³-hybridized carbons (Fsp3) is 0.462. The number of nitrogens with zero attached hydrogens (tertiary/aromatic N) is 1. The molecule has 2 rings (SSSR count). The predicted molar refractivity (Wildman–Crippen MR) is 64.2 cm³/mol. The van der Waals surface area contributed by atoms with Gasteiger partial charge in [0.1, 0.15) is 0 Å². The molecule has 7 heteroatoms. The summed E-state index contributed by atoms with van der Waals surface area (Å²) in [5, 5.41) is 9.19. The van der Waals surface area contributed by atoms with E-state index in [4.69, 9.17) is 4.74 Å². The second-order valence-corrected chi connectivity index (χ2v) is 4.49. The van der Waals surface area contributed by atoms with Crippen LogP contribution in [0.1, 0.15) is 15.9 Å². The fourth-order valence-electron chi connectivity index (χ4n) is 2.07. The zero-order valence-electron chi connectivity index (χ0n) is 10.6. The van der Waals surface area contributed by atoms with Crippen molar-refractivity contribution in [1.82, 2.24) is 4.90 Å². The van der Waals surface area contributed by atoms with E-state index in [1.165, 1.54) is 17.0 Å². The van der Waals surface area contributed by atoms with Gasteiger partial charge in [0.15, 0.2) is 0 Å². The van der Waals surface area contributed by atoms with Gasteiger partial charge >= 0.3 is 6.18 Å². The first-order valence-electron chi connectivity index (χ1n) is 6.10. The molecule has 1 aliphatic rings. The van der Waals surface area contributed by atoms with Gasteiger partial charge in [-0.3, -0.25) is 4.79 Å². The first-order chi connectivity index (χ1) is 9.43. The third-order valence-electron chi connectivity index (χ3n) is 3.14. The number of alkyl halides is 3. The van der Waals surface area contributed by atoms with Crippen LogP contribution in [0.15, 0.2) is 24.3 Å². The zero-order chi connectivity index (χ0) is 14.8. The molecule has 1 atom stereocenters. The van der Waals surface area contributed by atoms with E-state index >= 15 is 0 Å². The number of aliphatic hydroxyl groups excluding tert-OH is 1. The van der Waals surface area contributed by atoms with E-state index in [-0.39, 0.29) is 25.3 Å². The number of aliphatic hydroxyl groups is 1. The van der Waals surface area contributed by atoms with Crippen molar-refractivity contribution in [3.63, 3.8) is 0 Å². The van der Waals surface area contributed by atoms with Crippen molar-refractivity contribution in [3.8, 4) is 0 Å². The lowest BCUT2D eigenvalue weighted by atomic mass is 10.1. The van der Waals surface area contributed by atoms with Gasteiger partial charge in [-0.25, -0.2) is 0 Å². The number of hydrogen-bond acceptors (Lipinski definition) is 3. The van der Waals surface area contributed by atoms with E-state index < -0.39 is 23.7 Å². The molecule has 1 unspecified atom stereocenters. The lowest BCUT2D eigenvalue weighted by Gasteiger charge is -2.34. The molecule has 110 valence electrons. The van der Waals surface area contributed by atoms with Crippen molar-refractivity contribution in [2.24, 2.45) is 0 Å². The average Bonchev–Trinajstić information content (AvgIpc) is 2.45. The standard InChI is InChI=1S/C13H14F3NO3/c14-13(15,16)10-3-1-2-9(6-10)12(19)17-4-5-20-8-11(17)7-18/h1-3,6,11,18H,4-5,7-8H2. The average molecular weight is 289 g/mol. The van der Waals surface area contributed by atoms with Crippen LogP contribution in [0.2, 0.25) is 0 Å². The minimum Gasteiger partial charge on any atom is -0.394 e. The van der Waals surface area contributed by atoms with Crippen LogP contribution >= 0.6 is 0 Å². The first kappa shape index (κ1) is 14.8. The fourth-order valence-corrected chi connectivity index (χ4v) is 2.07. The van der Waals surface area contributed by atoms with E-state index in [0.717, 1.165) is 12.1 Å². The van der Waals surface area contributed by atoms with Gasteiger partial charge in [0.25, 0.3) is 5.91 Å². The van der Waals surface area contributed by atoms with Crippen LogP contribution in [0.25, 0.3) is 0 Å². The number of ether oxygens (including phenoxy) is 1. The van der Waals surface area contributed by atoms with Crippen molar-refractivity contribution < 1.29 is 27.8 Å². The summed E-state index contributed by atoms with van der Waals surface area (Å²) in [5.74, 6) is -0.529. The molecule has 1 N–H and O–H groups in total. The summed E-state index contributed by atoms with van der Waals surface area (Å²) < 4.78 is 43.0. The molecule has 1 saturated heterocycles. The Kier molecular flexibility index (Phi) is 4.29. The van der Waals surface area contributed by atoms with Crippen molar-refractivity contribution in [3.05, 3.63) is 35.4 Å². The maximum absolute atomic E-state index is 12.6. The van der Waals surface area contributed by atoms with Gasteiger partial charge in [0.2, 0.25) is 0 Å². The van der Waals surface area contributed by atoms with Crippen molar-refractivity contribution in [2.45, 2.75) is 12.2 Å². The maximum atomic E-state index is 12.6.